The van der Waals surface area contributed by atoms with Crippen molar-refractivity contribution in [2.75, 3.05) is 7.05 Å². The molecule has 6 heteroatoms. The number of benzene rings is 2. The smallest absolute Gasteiger partial charge is 0.207 e. The lowest BCUT2D eigenvalue weighted by Crippen LogP contribution is -2.30. The molecule has 112 valence electrons. The van der Waals surface area contributed by atoms with Crippen molar-refractivity contribution in [3.05, 3.63) is 63.6 Å². The van der Waals surface area contributed by atoms with Crippen molar-refractivity contribution in [2.45, 2.75) is 17.9 Å². The Balaban J connectivity index is 2.36. The van der Waals surface area contributed by atoms with Gasteiger partial charge in [0.1, 0.15) is 0 Å². The van der Waals surface area contributed by atoms with Crippen LogP contribution in [0.5, 0.6) is 0 Å². The zero-order valence-corrected chi connectivity index (χ0v) is 14.8. The van der Waals surface area contributed by atoms with Crippen LogP contribution >= 0.6 is 27.5 Å². The van der Waals surface area contributed by atoms with Gasteiger partial charge < -0.3 is 0 Å². The van der Waals surface area contributed by atoms with Crippen LogP contribution in [-0.2, 0) is 10.0 Å². The van der Waals surface area contributed by atoms with E-state index in [1.807, 2.05) is 19.1 Å². The molecule has 1 atom stereocenters. The number of rotatable bonds is 4. The molecule has 0 amide bonds. The summed E-state index contributed by atoms with van der Waals surface area (Å²) in [7, 11) is -2.00. The van der Waals surface area contributed by atoms with Gasteiger partial charge in [0.2, 0.25) is 10.0 Å². The predicted octanol–water partition coefficient (Wildman–Crippen LogP) is 4.48. The van der Waals surface area contributed by atoms with Gasteiger partial charge in [-0.05, 0) is 52.7 Å². The van der Waals surface area contributed by atoms with Gasteiger partial charge in [-0.2, -0.15) is 4.31 Å². The van der Waals surface area contributed by atoms with Gasteiger partial charge >= 0.3 is 0 Å². The highest BCUT2D eigenvalue weighted by atomic mass is 79.9. The van der Waals surface area contributed by atoms with Gasteiger partial charge in [-0.1, -0.05) is 35.9 Å². The van der Waals surface area contributed by atoms with Gasteiger partial charge in [-0.25, -0.2) is 8.42 Å². The zero-order chi connectivity index (χ0) is 15.6. The summed E-state index contributed by atoms with van der Waals surface area (Å²) in [5.74, 6) is 0. The zero-order valence-electron chi connectivity index (χ0n) is 11.6. The molecule has 0 heterocycles. The molecule has 21 heavy (non-hydrogen) atoms. The third-order valence-corrected chi connectivity index (χ3v) is 6.58. The molecule has 0 aromatic heterocycles. The summed E-state index contributed by atoms with van der Waals surface area (Å²) < 4.78 is 27.3. The van der Waals surface area contributed by atoms with Gasteiger partial charge in [-0.3, -0.25) is 0 Å². The molecule has 0 aliphatic rings. The number of sulfonamides is 1. The Labute approximate surface area is 138 Å². The first kappa shape index (κ1) is 16.5. The molecule has 0 N–H and O–H groups in total. The maximum Gasteiger partial charge on any atom is 0.244 e. The molecular formula is C15H15BrClNO2S. The lowest BCUT2D eigenvalue weighted by Gasteiger charge is -2.25. The van der Waals surface area contributed by atoms with Crippen LogP contribution < -0.4 is 0 Å². The molecule has 0 saturated heterocycles. The van der Waals surface area contributed by atoms with Crippen molar-refractivity contribution < 1.29 is 8.42 Å². The van der Waals surface area contributed by atoms with Gasteiger partial charge in [0.15, 0.2) is 0 Å². The van der Waals surface area contributed by atoms with E-state index in [1.54, 1.807) is 43.4 Å². The standard InChI is InChI=1S/C15H15BrClNO2S/c1-11(12-7-9-13(17)10-8-12)18(2)21(19,20)15-6-4-3-5-14(15)16/h3-11H,1-2H3. The average molecular weight is 389 g/mol. The van der Waals surface area contributed by atoms with Gasteiger partial charge in [0.25, 0.3) is 0 Å². The number of halogens is 2. The SMILES string of the molecule is CC(c1ccc(Cl)cc1)N(C)S(=O)(=O)c1ccccc1Br. The first-order valence-electron chi connectivity index (χ1n) is 6.32. The number of hydrogen-bond donors (Lipinski definition) is 0. The van der Waals surface area contributed by atoms with E-state index in [0.29, 0.717) is 9.50 Å². The van der Waals surface area contributed by atoms with Crippen LogP contribution in [0.3, 0.4) is 0 Å². The van der Waals surface area contributed by atoms with E-state index >= 15 is 0 Å². The fraction of sp³-hybridized carbons (Fsp3) is 0.200. The maximum absolute atomic E-state index is 12.7. The van der Waals surface area contributed by atoms with Crippen LogP contribution in [-0.4, -0.2) is 19.8 Å². The van der Waals surface area contributed by atoms with E-state index in [1.165, 1.54) is 4.31 Å². The molecule has 0 saturated carbocycles. The van der Waals surface area contributed by atoms with Crippen LogP contribution in [0, 0.1) is 0 Å². The molecule has 2 aromatic carbocycles. The molecule has 1 unspecified atom stereocenters. The lowest BCUT2D eigenvalue weighted by atomic mass is 10.1. The number of hydrogen-bond acceptors (Lipinski definition) is 2. The minimum Gasteiger partial charge on any atom is -0.207 e. The lowest BCUT2D eigenvalue weighted by molar-refractivity contribution is 0.398. The van der Waals surface area contributed by atoms with Crippen LogP contribution in [0.15, 0.2) is 57.9 Å². The summed E-state index contributed by atoms with van der Waals surface area (Å²) in [4.78, 5) is 0.258. The van der Waals surface area contributed by atoms with Gasteiger partial charge in [0.05, 0.1) is 4.90 Å². The van der Waals surface area contributed by atoms with Crippen molar-refractivity contribution in [1.29, 1.82) is 0 Å². The Morgan fingerprint density at radius 3 is 2.24 bits per heavy atom. The van der Waals surface area contributed by atoms with E-state index in [2.05, 4.69) is 15.9 Å². The molecular weight excluding hydrogens is 374 g/mol. The molecule has 0 aliphatic heterocycles. The Morgan fingerprint density at radius 2 is 1.67 bits per heavy atom. The van der Waals surface area contributed by atoms with Crippen molar-refractivity contribution in [3.8, 4) is 0 Å². The van der Waals surface area contributed by atoms with Crippen molar-refractivity contribution in [2.24, 2.45) is 0 Å². The second kappa shape index (κ2) is 6.48. The summed E-state index contributed by atoms with van der Waals surface area (Å²) in [5, 5.41) is 0.627. The minimum absolute atomic E-state index is 0.258. The minimum atomic E-state index is -3.57. The molecule has 0 bridgehead atoms. The quantitative estimate of drug-likeness (QED) is 0.774. The first-order valence-corrected chi connectivity index (χ1v) is 8.93. The Hall–Kier alpha value is -0.880. The highest BCUT2D eigenvalue weighted by Crippen LogP contribution is 2.30. The molecule has 0 aliphatic carbocycles. The summed E-state index contributed by atoms with van der Waals surface area (Å²) in [6.45, 7) is 1.84. The predicted molar refractivity (Wildman–Crippen MR) is 89.0 cm³/mol. The second-order valence-electron chi connectivity index (χ2n) is 4.68. The monoisotopic (exact) mass is 387 g/mol. The van der Waals surface area contributed by atoms with Crippen LogP contribution in [0.2, 0.25) is 5.02 Å². The van der Waals surface area contributed by atoms with Crippen molar-refractivity contribution in [3.63, 3.8) is 0 Å². The molecule has 0 fully saturated rings. The van der Waals surface area contributed by atoms with Gasteiger partial charge in [-0.15, -0.1) is 0 Å². The largest absolute Gasteiger partial charge is 0.244 e. The highest BCUT2D eigenvalue weighted by Gasteiger charge is 2.27. The van der Waals surface area contributed by atoms with E-state index < -0.39 is 10.0 Å². The molecule has 2 rings (SSSR count). The Bertz CT molecular complexity index is 732. The van der Waals surface area contributed by atoms with Crippen LogP contribution in [0.25, 0.3) is 0 Å². The molecule has 0 radical (unpaired) electrons. The summed E-state index contributed by atoms with van der Waals surface area (Å²) >= 11 is 9.16. The van der Waals surface area contributed by atoms with Crippen molar-refractivity contribution in [1.82, 2.24) is 4.31 Å². The maximum atomic E-state index is 12.7. The van der Waals surface area contributed by atoms with E-state index in [9.17, 15) is 8.42 Å². The van der Waals surface area contributed by atoms with Crippen molar-refractivity contribution >= 4 is 37.6 Å². The summed E-state index contributed by atoms with van der Waals surface area (Å²) in [6.07, 6.45) is 0. The molecule has 0 spiro atoms. The van der Waals surface area contributed by atoms with E-state index in [4.69, 9.17) is 11.6 Å². The fourth-order valence-electron chi connectivity index (χ4n) is 1.97. The highest BCUT2D eigenvalue weighted by molar-refractivity contribution is 9.10. The number of nitrogens with zero attached hydrogens (tertiary/aromatic N) is 1. The van der Waals surface area contributed by atoms with Crippen LogP contribution in [0.1, 0.15) is 18.5 Å². The third-order valence-electron chi connectivity index (χ3n) is 3.39. The molecule has 3 nitrogen and oxygen atoms in total. The van der Waals surface area contributed by atoms with E-state index in [0.717, 1.165) is 5.56 Å². The Kier molecular flexibility index (Phi) is 5.09. The van der Waals surface area contributed by atoms with Crippen LogP contribution in [0.4, 0.5) is 0 Å². The summed E-state index contributed by atoms with van der Waals surface area (Å²) in [6, 6.07) is 13.7. The topological polar surface area (TPSA) is 37.4 Å². The second-order valence-corrected chi connectivity index (χ2v) is 7.94. The van der Waals surface area contributed by atoms with Gasteiger partial charge in [0, 0.05) is 22.6 Å². The third kappa shape index (κ3) is 3.48. The first-order chi connectivity index (χ1) is 9.84. The summed E-state index contributed by atoms with van der Waals surface area (Å²) in [5.41, 5.74) is 0.887. The van der Waals surface area contributed by atoms with E-state index in [-0.39, 0.29) is 10.9 Å². The average Bonchev–Trinajstić information content (AvgIpc) is 2.46. The molecule has 2 aromatic rings. The normalized spacial score (nSPS) is 13.4. The fourth-order valence-corrected chi connectivity index (χ4v) is 4.41. The Morgan fingerprint density at radius 1 is 1.10 bits per heavy atom.